The third kappa shape index (κ3) is 1.89. The Kier molecular flexibility index (Phi) is 2.51. The molecule has 1 aliphatic carbocycles. The van der Waals surface area contributed by atoms with Gasteiger partial charge < -0.3 is 10.8 Å². The molecule has 0 radical (unpaired) electrons. The lowest BCUT2D eigenvalue weighted by Crippen LogP contribution is -2.31. The summed E-state index contributed by atoms with van der Waals surface area (Å²) in [6, 6.07) is -0.842. The van der Waals surface area contributed by atoms with Crippen LogP contribution in [0.2, 0.25) is 0 Å². The lowest BCUT2D eigenvalue weighted by Gasteiger charge is -2.15. The van der Waals surface area contributed by atoms with Gasteiger partial charge in [0.2, 0.25) is 0 Å². The molecule has 0 fully saturated rings. The molecule has 0 bridgehead atoms. The predicted molar refractivity (Wildman–Crippen MR) is 57.5 cm³/mol. The van der Waals surface area contributed by atoms with Crippen molar-refractivity contribution in [3.05, 3.63) is 36.1 Å². The minimum absolute atomic E-state index is 0.125. The Morgan fingerprint density at radius 1 is 1.60 bits per heavy atom. The maximum absolute atomic E-state index is 10.6. The summed E-state index contributed by atoms with van der Waals surface area (Å²) in [7, 11) is 0. The molecule has 0 amide bonds. The summed E-state index contributed by atoms with van der Waals surface area (Å²) in [6.07, 6.45) is 9.87. The number of nitrogens with zero attached hydrogens (tertiary/aromatic N) is 1. The number of aliphatic imine (C=N–C) groups is 1. The molecular weight excluding hydrogens is 192 g/mol. The first-order valence-electron chi connectivity index (χ1n) is 4.78. The largest absolute Gasteiger partial charge is 0.480 e. The van der Waals surface area contributed by atoms with Crippen molar-refractivity contribution in [2.45, 2.75) is 12.5 Å². The van der Waals surface area contributed by atoms with Crippen LogP contribution in [0, 0.1) is 5.92 Å². The second kappa shape index (κ2) is 3.82. The van der Waals surface area contributed by atoms with E-state index < -0.39 is 12.0 Å². The zero-order valence-corrected chi connectivity index (χ0v) is 8.13. The van der Waals surface area contributed by atoms with Gasteiger partial charge >= 0.3 is 5.97 Å². The minimum atomic E-state index is -0.973. The summed E-state index contributed by atoms with van der Waals surface area (Å²) in [5.74, 6) is -0.847. The zero-order chi connectivity index (χ0) is 10.8. The lowest BCUT2D eigenvalue weighted by atomic mass is 9.89. The molecule has 78 valence electrons. The quantitative estimate of drug-likeness (QED) is 0.716. The number of aliphatic carboxylic acids is 1. The van der Waals surface area contributed by atoms with Gasteiger partial charge in [0.15, 0.2) is 0 Å². The average Bonchev–Trinajstić information content (AvgIpc) is 2.62. The molecule has 15 heavy (non-hydrogen) atoms. The third-order valence-corrected chi connectivity index (χ3v) is 2.55. The Hall–Kier alpha value is -1.68. The van der Waals surface area contributed by atoms with E-state index in [9.17, 15) is 4.79 Å². The molecule has 1 heterocycles. The number of hydrogen-bond donors (Lipinski definition) is 2. The number of carboxylic acids is 1. The molecule has 0 aromatic heterocycles. The summed E-state index contributed by atoms with van der Waals surface area (Å²) < 4.78 is 0. The van der Waals surface area contributed by atoms with Crippen LogP contribution in [-0.2, 0) is 4.79 Å². The molecule has 2 rings (SSSR count). The monoisotopic (exact) mass is 204 g/mol. The molecule has 4 heteroatoms. The smallest absolute Gasteiger partial charge is 0.320 e. The number of fused-ring (bicyclic) bond motifs is 1. The van der Waals surface area contributed by atoms with Crippen molar-refractivity contribution in [3.63, 3.8) is 0 Å². The van der Waals surface area contributed by atoms with E-state index in [0.717, 1.165) is 11.3 Å². The summed E-state index contributed by atoms with van der Waals surface area (Å²) in [4.78, 5) is 14.8. The molecule has 2 atom stereocenters. The first-order valence-corrected chi connectivity index (χ1v) is 4.78. The summed E-state index contributed by atoms with van der Waals surface area (Å²) in [5, 5.41) is 8.72. The second-order valence-corrected chi connectivity index (χ2v) is 3.63. The van der Waals surface area contributed by atoms with Crippen molar-refractivity contribution >= 4 is 11.7 Å². The number of allylic oxidation sites excluding steroid dienone is 4. The lowest BCUT2D eigenvalue weighted by molar-refractivity contribution is -0.138. The Balaban J connectivity index is 2.06. The Morgan fingerprint density at radius 3 is 3.13 bits per heavy atom. The van der Waals surface area contributed by atoms with Crippen molar-refractivity contribution in [1.82, 2.24) is 0 Å². The van der Waals surface area contributed by atoms with Crippen molar-refractivity contribution < 1.29 is 9.90 Å². The highest BCUT2D eigenvalue weighted by Crippen LogP contribution is 2.27. The maximum atomic E-state index is 10.6. The molecule has 4 nitrogen and oxygen atoms in total. The van der Waals surface area contributed by atoms with Crippen LogP contribution in [0.15, 0.2) is 41.1 Å². The van der Waals surface area contributed by atoms with Gasteiger partial charge in [-0.15, -0.1) is 0 Å². The van der Waals surface area contributed by atoms with E-state index in [0.29, 0.717) is 6.42 Å². The first kappa shape index (κ1) is 9.86. The van der Waals surface area contributed by atoms with E-state index in [4.69, 9.17) is 10.8 Å². The van der Waals surface area contributed by atoms with E-state index in [1.54, 1.807) is 6.20 Å². The number of nitrogens with two attached hydrogens (primary N) is 1. The highest BCUT2D eigenvalue weighted by molar-refractivity contribution is 6.03. The second-order valence-electron chi connectivity index (χ2n) is 3.63. The van der Waals surface area contributed by atoms with Crippen molar-refractivity contribution in [2.24, 2.45) is 16.6 Å². The fourth-order valence-corrected chi connectivity index (χ4v) is 1.73. The minimum Gasteiger partial charge on any atom is -0.480 e. The number of carbonyl (C=O) groups is 1. The Morgan fingerprint density at radius 2 is 2.40 bits per heavy atom. The summed E-state index contributed by atoms with van der Waals surface area (Å²) >= 11 is 0. The van der Waals surface area contributed by atoms with Gasteiger partial charge in [0, 0.05) is 12.1 Å². The average molecular weight is 204 g/mol. The zero-order valence-electron chi connectivity index (χ0n) is 8.13. The number of hydrogen-bond acceptors (Lipinski definition) is 3. The van der Waals surface area contributed by atoms with Gasteiger partial charge in [0.25, 0.3) is 0 Å². The predicted octanol–water partition coefficient (Wildman–Crippen LogP) is 0.869. The Labute approximate surface area is 87.5 Å². The highest BCUT2D eigenvalue weighted by Gasteiger charge is 2.25. The molecule has 3 N–H and O–H groups in total. The molecule has 2 aliphatic rings. The molecule has 0 spiro atoms. The number of carboxylic acid groups (broad SMARTS) is 1. The normalized spacial score (nSPS) is 24.5. The van der Waals surface area contributed by atoms with E-state index in [1.807, 2.05) is 24.3 Å². The number of rotatable bonds is 3. The third-order valence-electron chi connectivity index (χ3n) is 2.55. The van der Waals surface area contributed by atoms with E-state index >= 15 is 0 Å². The van der Waals surface area contributed by atoms with E-state index in [-0.39, 0.29) is 5.92 Å². The highest BCUT2D eigenvalue weighted by atomic mass is 16.4. The molecule has 2 unspecified atom stereocenters. The standard InChI is InChI=1S/C11H12N2O2/c12-9(11(14)15)5-7-6-13-10-4-2-1-3-8(7)10/h1-4,6,8-9H,5,12H2,(H,14,15). The van der Waals surface area contributed by atoms with Crippen LogP contribution >= 0.6 is 0 Å². The van der Waals surface area contributed by atoms with Crippen LogP contribution in [0.25, 0.3) is 0 Å². The van der Waals surface area contributed by atoms with E-state index in [2.05, 4.69) is 4.99 Å². The van der Waals surface area contributed by atoms with Crippen molar-refractivity contribution in [2.75, 3.05) is 0 Å². The fraction of sp³-hybridized carbons (Fsp3) is 0.273. The fourth-order valence-electron chi connectivity index (χ4n) is 1.73. The van der Waals surface area contributed by atoms with Gasteiger partial charge in [-0.2, -0.15) is 0 Å². The first-order chi connectivity index (χ1) is 7.18. The van der Waals surface area contributed by atoms with Gasteiger partial charge in [-0.05, 0) is 18.1 Å². The van der Waals surface area contributed by atoms with Crippen LogP contribution in [0.5, 0.6) is 0 Å². The van der Waals surface area contributed by atoms with Crippen LogP contribution in [0.3, 0.4) is 0 Å². The topological polar surface area (TPSA) is 75.7 Å². The molecule has 0 aromatic carbocycles. The van der Waals surface area contributed by atoms with Crippen LogP contribution in [0.1, 0.15) is 6.42 Å². The van der Waals surface area contributed by atoms with Crippen molar-refractivity contribution in [3.8, 4) is 0 Å². The Bertz CT molecular complexity index is 405. The molecular formula is C11H12N2O2. The molecule has 0 saturated carbocycles. The SMILES string of the molecule is NC(CC1=CN=C2C=CC=CC12)C(=O)O. The van der Waals surface area contributed by atoms with Gasteiger partial charge in [-0.1, -0.05) is 18.2 Å². The summed E-state index contributed by atoms with van der Waals surface area (Å²) in [6.45, 7) is 0. The van der Waals surface area contributed by atoms with Gasteiger partial charge in [0.1, 0.15) is 6.04 Å². The van der Waals surface area contributed by atoms with E-state index in [1.165, 1.54) is 0 Å². The maximum Gasteiger partial charge on any atom is 0.320 e. The van der Waals surface area contributed by atoms with Gasteiger partial charge in [0.05, 0.1) is 5.71 Å². The van der Waals surface area contributed by atoms with Crippen LogP contribution in [-0.4, -0.2) is 22.8 Å². The van der Waals surface area contributed by atoms with Crippen LogP contribution < -0.4 is 5.73 Å². The van der Waals surface area contributed by atoms with Crippen LogP contribution in [0.4, 0.5) is 0 Å². The van der Waals surface area contributed by atoms with Gasteiger partial charge in [-0.3, -0.25) is 9.79 Å². The van der Waals surface area contributed by atoms with Crippen molar-refractivity contribution in [1.29, 1.82) is 0 Å². The molecule has 0 saturated heterocycles. The summed E-state index contributed by atoms with van der Waals surface area (Å²) in [5.41, 5.74) is 7.42. The molecule has 1 aliphatic heterocycles. The van der Waals surface area contributed by atoms with Gasteiger partial charge in [-0.25, -0.2) is 0 Å². The molecule has 0 aromatic rings.